The van der Waals surface area contributed by atoms with E-state index in [9.17, 15) is 14.4 Å². The summed E-state index contributed by atoms with van der Waals surface area (Å²) in [5.74, 6) is -1.34. The Hall–Kier alpha value is -3.59. The molecule has 0 saturated carbocycles. The van der Waals surface area contributed by atoms with E-state index in [2.05, 4.69) is 10.4 Å². The van der Waals surface area contributed by atoms with Crippen molar-refractivity contribution >= 4 is 35.2 Å². The molecule has 9 heteroatoms. The Morgan fingerprint density at radius 3 is 2.62 bits per heavy atom. The number of carbonyl (C=O) groups is 3. The highest BCUT2D eigenvalue weighted by atomic mass is 32.2. The van der Waals surface area contributed by atoms with Gasteiger partial charge in [0.2, 0.25) is 5.91 Å². The number of anilines is 1. The van der Waals surface area contributed by atoms with Crippen molar-refractivity contribution in [2.24, 2.45) is 0 Å². The van der Waals surface area contributed by atoms with Gasteiger partial charge in [-0.2, -0.15) is 5.10 Å². The number of carbonyl (C=O) groups excluding carboxylic acids is 3. The number of hydrogen-bond donors (Lipinski definition) is 1. The van der Waals surface area contributed by atoms with E-state index in [1.54, 1.807) is 31.7 Å². The van der Waals surface area contributed by atoms with Crippen molar-refractivity contribution in [1.29, 1.82) is 0 Å². The van der Waals surface area contributed by atoms with Crippen LogP contribution in [0.3, 0.4) is 0 Å². The maximum atomic E-state index is 13.7. The van der Waals surface area contributed by atoms with E-state index in [4.69, 9.17) is 4.74 Å². The van der Waals surface area contributed by atoms with Crippen molar-refractivity contribution in [3.8, 4) is 0 Å². The number of amides is 2. The van der Waals surface area contributed by atoms with Crippen LogP contribution in [0.5, 0.6) is 0 Å². The van der Waals surface area contributed by atoms with Crippen LogP contribution in [-0.2, 0) is 22.6 Å². The topological polar surface area (TPSA) is 93.5 Å². The van der Waals surface area contributed by atoms with Crippen LogP contribution >= 0.6 is 11.8 Å². The van der Waals surface area contributed by atoms with Crippen LogP contribution in [0.25, 0.3) is 0 Å². The second-order valence-electron chi connectivity index (χ2n) is 8.08. The Bertz CT molecular complexity index is 1230. The van der Waals surface area contributed by atoms with Gasteiger partial charge in [0.25, 0.3) is 5.91 Å². The number of fused-ring (bicyclic) bond motifs is 1. The molecule has 8 nitrogen and oxygen atoms in total. The average molecular weight is 479 g/mol. The van der Waals surface area contributed by atoms with Gasteiger partial charge in [-0.1, -0.05) is 36.4 Å². The summed E-state index contributed by atoms with van der Waals surface area (Å²) in [6, 6.07) is 18.5. The Morgan fingerprint density at radius 1 is 1.15 bits per heavy atom. The Kier molecular flexibility index (Phi) is 6.74. The number of ether oxygens (including phenoxy) is 1. The molecule has 1 aromatic heterocycles. The number of hydrogen-bond acceptors (Lipinski definition) is 6. The third-order valence-corrected chi connectivity index (χ3v) is 6.46. The number of benzene rings is 2. The van der Waals surface area contributed by atoms with E-state index < -0.39 is 17.4 Å². The lowest BCUT2D eigenvalue weighted by molar-refractivity contribution is -0.126. The fourth-order valence-electron chi connectivity index (χ4n) is 4.01. The lowest BCUT2D eigenvalue weighted by Gasteiger charge is -2.43. The molecule has 1 aliphatic heterocycles. The van der Waals surface area contributed by atoms with Crippen molar-refractivity contribution in [3.63, 3.8) is 0 Å². The molecule has 0 radical (unpaired) electrons. The maximum Gasteiger partial charge on any atom is 0.358 e. The maximum absolute atomic E-state index is 13.7. The zero-order valence-corrected chi connectivity index (χ0v) is 20.1. The van der Waals surface area contributed by atoms with Gasteiger partial charge in [-0.25, -0.2) is 4.79 Å². The zero-order valence-electron chi connectivity index (χ0n) is 19.3. The minimum atomic E-state index is -1.28. The van der Waals surface area contributed by atoms with E-state index in [1.165, 1.54) is 15.6 Å². The highest BCUT2D eigenvalue weighted by Gasteiger charge is 2.49. The molecule has 0 spiro atoms. The Labute approximate surface area is 202 Å². The molecule has 2 amide bonds. The minimum absolute atomic E-state index is 0.0389. The first kappa shape index (κ1) is 23.6. The molecule has 0 aliphatic carbocycles. The van der Waals surface area contributed by atoms with Crippen LogP contribution in [-0.4, -0.2) is 46.0 Å². The largest absolute Gasteiger partial charge is 0.461 e. The van der Waals surface area contributed by atoms with E-state index in [0.717, 1.165) is 10.5 Å². The molecule has 0 saturated heterocycles. The fraction of sp³-hybridized carbons (Fsp3) is 0.280. The third-order valence-electron chi connectivity index (χ3n) is 5.73. The number of aromatic nitrogens is 2. The summed E-state index contributed by atoms with van der Waals surface area (Å²) >= 11 is 1.55. The quantitative estimate of drug-likeness (QED) is 0.413. The second-order valence-corrected chi connectivity index (χ2v) is 8.96. The number of thioether (sulfide) groups is 1. The molecule has 3 aromatic rings. The molecular weight excluding hydrogens is 452 g/mol. The van der Waals surface area contributed by atoms with Crippen LogP contribution in [0.4, 0.5) is 5.69 Å². The monoisotopic (exact) mass is 478 g/mol. The summed E-state index contributed by atoms with van der Waals surface area (Å²) in [5, 5.41) is 7.26. The summed E-state index contributed by atoms with van der Waals surface area (Å²) in [5.41, 5.74) is 0.526. The van der Waals surface area contributed by atoms with Gasteiger partial charge < -0.3 is 10.1 Å². The van der Waals surface area contributed by atoms with Crippen LogP contribution in [0.15, 0.2) is 65.6 Å². The van der Waals surface area contributed by atoms with Crippen molar-refractivity contribution in [1.82, 2.24) is 15.1 Å². The predicted molar refractivity (Wildman–Crippen MR) is 130 cm³/mol. The average Bonchev–Trinajstić information content (AvgIpc) is 3.27. The van der Waals surface area contributed by atoms with Crippen molar-refractivity contribution < 1.29 is 19.1 Å². The highest BCUT2D eigenvalue weighted by Crippen LogP contribution is 2.34. The minimum Gasteiger partial charge on any atom is -0.461 e. The zero-order chi connectivity index (χ0) is 24.3. The fourth-order valence-corrected chi connectivity index (χ4v) is 4.46. The smallest absolute Gasteiger partial charge is 0.358 e. The highest BCUT2D eigenvalue weighted by molar-refractivity contribution is 7.98. The van der Waals surface area contributed by atoms with Gasteiger partial charge >= 0.3 is 5.97 Å². The van der Waals surface area contributed by atoms with Crippen LogP contribution in [0.2, 0.25) is 0 Å². The van der Waals surface area contributed by atoms with Gasteiger partial charge in [0, 0.05) is 23.2 Å². The van der Waals surface area contributed by atoms with E-state index >= 15 is 0 Å². The lowest BCUT2D eigenvalue weighted by atomic mass is 9.94. The first-order valence-corrected chi connectivity index (χ1v) is 12.2. The molecule has 34 heavy (non-hydrogen) atoms. The molecule has 1 aliphatic rings. The summed E-state index contributed by atoms with van der Waals surface area (Å²) in [7, 11) is 0. The molecule has 1 atom stereocenters. The molecule has 0 unspecified atom stereocenters. The molecular formula is C25H26N4O4S. The normalized spacial score (nSPS) is 17.3. The van der Waals surface area contributed by atoms with Gasteiger partial charge in [0.15, 0.2) is 5.69 Å². The summed E-state index contributed by atoms with van der Waals surface area (Å²) in [6.45, 7) is 4.02. The number of rotatable bonds is 7. The number of nitrogens with one attached hydrogen (secondary N) is 1. The summed E-state index contributed by atoms with van der Waals surface area (Å²) in [6.07, 6.45) is 1.95. The molecule has 4 rings (SSSR count). The third kappa shape index (κ3) is 4.43. The van der Waals surface area contributed by atoms with Gasteiger partial charge in [0.05, 0.1) is 13.2 Å². The number of nitrogens with zero attached hydrogens (tertiary/aromatic N) is 3. The van der Waals surface area contributed by atoms with Crippen LogP contribution in [0, 0.1) is 0 Å². The molecule has 0 bridgehead atoms. The Morgan fingerprint density at radius 2 is 1.91 bits per heavy atom. The molecule has 0 fully saturated rings. The molecule has 1 N–H and O–H groups in total. The first-order valence-electron chi connectivity index (χ1n) is 10.9. The van der Waals surface area contributed by atoms with Crippen molar-refractivity contribution in [2.45, 2.75) is 37.4 Å². The molecule has 2 aromatic carbocycles. The first-order chi connectivity index (χ1) is 16.4. The summed E-state index contributed by atoms with van der Waals surface area (Å²) in [4.78, 5) is 42.0. The van der Waals surface area contributed by atoms with Crippen LogP contribution < -0.4 is 10.2 Å². The van der Waals surface area contributed by atoms with Gasteiger partial charge in [-0.15, -0.1) is 11.8 Å². The second kappa shape index (κ2) is 9.72. The summed E-state index contributed by atoms with van der Waals surface area (Å²) < 4.78 is 6.47. The van der Waals surface area contributed by atoms with Crippen LogP contribution in [0.1, 0.15) is 40.4 Å². The van der Waals surface area contributed by atoms with Crippen molar-refractivity contribution in [3.05, 3.63) is 77.6 Å². The van der Waals surface area contributed by atoms with Gasteiger partial charge in [-0.05, 0) is 43.9 Å². The van der Waals surface area contributed by atoms with E-state index in [0.29, 0.717) is 12.2 Å². The SMILES string of the molecule is CCOC(=O)c1cc2n(n1)C[C@](C)(C(=O)NCc1ccccc1)N(c1cccc(SC)c1)C2=O. The lowest BCUT2D eigenvalue weighted by Crippen LogP contribution is -2.64. The van der Waals surface area contributed by atoms with E-state index in [-0.39, 0.29) is 30.4 Å². The number of esters is 1. The van der Waals surface area contributed by atoms with Gasteiger partial charge in [0.1, 0.15) is 11.2 Å². The Balaban J connectivity index is 1.74. The standard InChI is InChI=1S/C25H26N4O4S/c1-4-33-23(31)20-14-21-22(30)29(18-11-8-12-19(13-18)34-3)25(2,16-28(21)27-20)24(32)26-15-17-9-6-5-7-10-17/h5-14H,4,15-16H2,1-3H3,(H,26,32)/t25-/m1/s1. The van der Waals surface area contributed by atoms with Gasteiger partial charge in [-0.3, -0.25) is 19.2 Å². The molecule has 2 heterocycles. The predicted octanol–water partition coefficient (Wildman–Crippen LogP) is 3.52. The van der Waals surface area contributed by atoms with E-state index in [1.807, 2.05) is 54.8 Å². The van der Waals surface area contributed by atoms with Crippen molar-refractivity contribution in [2.75, 3.05) is 17.8 Å². The molecule has 176 valence electrons.